The van der Waals surface area contributed by atoms with Gasteiger partial charge >= 0.3 is 0 Å². The Morgan fingerprint density at radius 1 is 1.18 bits per heavy atom. The SMILES string of the molecule is CN(C)C(=O)COc1ccc(NC(=O)CC2CCCC2)cc1. The van der Waals surface area contributed by atoms with Crippen molar-refractivity contribution in [1.29, 1.82) is 0 Å². The highest BCUT2D eigenvalue weighted by Gasteiger charge is 2.18. The van der Waals surface area contributed by atoms with E-state index in [9.17, 15) is 9.59 Å². The molecule has 5 nitrogen and oxygen atoms in total. The molecule has 1 saturated carbocycles. The number of nitrogens with one attached hydrogen (secondary N) is 1. The Kier molecular flexibility index (Phi) is 5.81. The first-order valence-corrected chi connectivity index (χ1v) is 7.77. The van der Waals surface area contributed by atoms with Gasteiger partial charge in [-0.15, -0.1) is 0 Å². The number of hydrogen-bond donors (Lipinski definition) is 1. The third kappa shape index (κ3) is 5.06. The molecule has 2 amide bonds. The molecular weight excluding hydrogens is 280 g/mol. The molecule has 1 aliphatic rings. The van der Waals surface area contributed by atoms with E-state index in [2.05, 4.69) is 5.32 Å². The van der Waals surface area contributed by atoms with Crippen LogP contribution >= 0.6 is 0 Å². The number of anilines is 1. The normalized spacial score (nSPS) is 14.6. The van der Waals surface area contributed by atoms with E-state index < -0.39 is 0 Å². The first kappa shape index (κ1) is 16.3. The van der Waals surface area contributed by atoms with Gasteiger partial charge < -0.3 is 15.0 Å². The second kappa shape index (κ2) is 7.82. The Labute approximate surface area is 131 Å². The van der Waals surface area contributed by atoms with Crippen molar-refractivity contribution < 1.29 is 14.3 Å². The zero-order chi connectivity index (χ0) is 15.9. The number of amides is 2. The maximum absolute atomic E-state index is 12.0. The van der Waals surface area contributed by atoms with Gasteiger partial charge in [0.1, 0.15) is 5.75 Å². The molecule has 0 bridgehead atoms. The Bertz CT molecular complexity index is 505. The van der Waals surface area contributed by atoms with Gasteiger partial charge in [0.25, 0.3) is 5.91 Å². The topological polar surface area (TPSA) is 58.6 Å². The smallest absolute Gasteiger partial charge is 0.259 e. The molecular formula is C17H24N2O3. The van der Waals surface area contributed by atoms with E-state index in [4.69, 9.17) is 4.74 Å². The highest BCUT2D eigenvalue weighted by atomic mass is 16.5. The molecule has 0 unspecified atom stereocenters. The van der Waals surface area contributed by atoms with Crippen LogP contribution in [0, 0.1) is 5.92 Å². The van der Waals surface area contributed by atoms with Crippen LogP contribution in [0.4, 0.5) is 5.69 Å². The zero-order valence-corrected chi connectivity index (χ0v) is 13.3. The maximum atomic E-state index is 12.0. The molecule has 0 atom stereocenters. The summed E-state index contributed by atoms with van der Waals surface area (Å²) in [4.78, 5) is 24.9. The molecule has 0 spiro atoms. The van der Waals surface area contributed by atoms with Crippen molar-refractivity contribution in [2.75, 3.05) is 26.0 Å². The fraction of sp³-hybridized carbons (Fsp3) is 0.529. The zero-order valence-electron chi connectivity index (χ0n) is 13.3. The molecule has 1 aromatic carbocycles. The number of hydrogen-bond acceptors (Lipinski definition) is 3. The van der Waals surface area contributed by atoms with Gasteiger partial charge in [0.05, 0.1) is 0 Å². The first-order valence-electron chi connectivity index (χ1n) is 7.77. The maximum Gasteiger partial charge on any atom is 0.259 e. The average Bonchev–Trinajstić information content (AvgIpc) is 2.98. The van der Waals surface area contributed by atoms with Gasteiger partial charge in [-0.1, -0.05) is 12.8 Å². The van der Waals surface area contributed by atoms with E-state index in [0.29, 0.717) is 18.1 Å². The lowest BCUT2D eigenvalue weighted by Crippen LogP contribution is -2.27. The summed E-state index contributed by atoms with van der Waals surface area (Å²) in [5.74, 6) is 1.14. The van der Waals surface area contributed by atoms with Crippen molar-refractivity contribution in [1.82, 2.24) is 4.90 Å². The third-order valence-corrected chi connectivity index (χ3v) is 3.95. The summed E-state index contributed by atoms with van der Waals surface area (Å²) in [7, 11) is 3.38. The van der Waals surface area contributed by atoms with E-state index in [-0.39, 0.29) is 18.4 Å². The van der Waals surface area contributed by atoms with Crippen LogP contribution in [0.25, 0.3) is 0 Å². The number of nitrogens with zero attached hydrogens (tertiary/aromatic N) is 1. The van der Waals surface area contributed by atoms with Crippen molar-refractivity contribution in [3.8, 4) is 5.75 Å². The van der Waals surface area contributed by atoms with Crippen molar-refractivity contribution in [2.45, 2.75) is 32.1 Å². The Morgan fingerprint density at radius 3 is 2.41 bits per heavy atom. The lowest BCUT2D eigenvalue weighted by molar-refractivity contribution is -0.130. The van der Waals surface area contributed by atoms with Gasteiger partial charge in [-0.2, -0.15) is 0 Å². The van der Waals surface area contributed by atoms with Crippen molar-refractivity contribution in [2.24, 2.45) is 5.92 Å². The minimum Gasteiger partial charge on any atom is -0.484 e. The summed E-state index contributed by atoms with van der Waals surface area (Å²) in [5.41, 5.74) is 0.759. The standard InChI is InChI=1S/C17H24N2O3/c1-19(2)17(21)12-22-15-9-7-14(8-10-15)18-16(20)11-13-5-3-4-6-13/h7-10,13H,3-6,11-12H2,1-2H3,(H,18,20). The molecule has 22 heavy (non-hydrogen) atoms. The molecule has 0 aliphatic heterocycles. The number of carbonyl (C=O) groups is 2. The number of carbonyl (C=O) groups excluding carboxylic acids is 2. The van der Waals surface area contributed by atoms with E-state index in [1.54, 1.807) is 38.4 Å². The van der Waals surface area contributed by atoms with Crippen LogP contribution in [0.3, 0.4) is 0 Å². The molecule has 2 rings (SSSR count). The number of benzene rings is 1. The van der Waals surface area contributed by atoms with Crippen molar-refractivity contribution in [3.05, 3.63) is 24.3 Å². The van der Waals surface area contributed by atoms with Gasteiger partial charge in [0.15, 0.2) is 6.61 Å². The second-order valence-corrected chi connectivity index (χ2v) is 6.00. The highest BCUT2D eigenvalue weighted by Crippen LogP contribution is 2.27. The van der Waals surface area contributed by atoms with Gasteiger partial charge in [-0.3, -0.25) is 9.59 Å². The molecule has 5 heteroatoms. The monoisotopic (exact) mass is 304 g/mol. The van der Waals surface area contributed by atoms with E-state index in [1.165, 1.54) is 30.6 Å². The van der Waals surface area contributed by atoms with Crippen LogP contribution in [-0.2, 0) is 9.59 Å². The average molecular weight is 304 g/mol. The van der Waals surface area contributed by atoms with Gasteiger partial charge in [-0.05, 0) is 43.0 Å². The summed E-state index contributed by atoms with van der Waals surface area (Å²) in [6.45, 7) is 0.0143. The lowest BCUT2D eigenvalue weighted by atomic mass is 10.0. The molecule has 1 aliphatic carbocycles. The molecule has 1 fully saturated rings. The van der Waals surface area contributed by atoms with Crippen LogP contribution in [0.5, 0.6) is 5.75 Å². The molecule has 120 valence electrons. The van der Waals surface area contributed by atoms with Gasteiger partial charge in [0, 0.05) is 26.2 Å². The number of rotatable bonds is 6. The first-order chi connectivity index (χ1) is 10.5. The summed E-state index contributed by atoms with van der Waals surface area (Å²) >= 11 is 0. The molecule has 0 aromatic heterocycles. The van der Waals surface area contributed by atoms with Crippen LogP contribution < -0.4 is 10.1 Å². The number of ether oxygens (including phenoxy) is 1. The van der Waals surface area contributed by atoms with Crippen LogP contribution in [0.15, 0.2) is 24.3 Å². The molecule has 1 aromatic rings. The second-order valence-electron chi connectivity index (χ2n) is 6.00. The minimum atomic E-state index is -0.0889. The fourth-order valence-corrected chi connectivity index (χ4v) is 2.60. The fourth-order valence-electron chi connectivity index (χ4n) is 2.60. The van der Waals surface area contributed by atoms with E-state index >= 15 is 0 Å². The Hall–Kier alpha value is -2.04. The van der Waals surface area contributed by atoms with Crippen molar-refractivity contribution >= 4 is 17.5 Å². The minimum absolute atomic E-state index is 0.0143. The summed E-state index contributed by atoms with van der Waals surface area (Å²) in [6.07, 6.45) is 5.43. The summed E-state index contributed by atoms with van der Waals surface area (Å²) in [5, 5.41) is 2.91. The lowest BCUT2D eigenvalue weighted by Gasteiger charge is -2.12. The summed E-state index contributed by atoms with van der Waals surface area (Å²) < 4.78 is 5.39. The van der Waals surface area contributed by atoms with E-state index in [0.717, 1.165) is 5.69 Å². The molecule has 0 heterocycles. The highest BCUT2D eigenvalue weighted by molar-refractivity contribution is 5.90. The quantitative estimate of drug-likeness (QED) is 0.879. The van der Waals surface area contributed by atoms with Crippen LogP contribution in [0.1, 0.15) is 32.1 Å². The molecule has 0 saturated heterocycles. The number of likely N-dealkylation sites (N-methyl/N-ethyl adjacent to an activating group) is 1. The predicted octanol–water partition coefficient (Wildman–Crippen LogP) is 2.67. The molecule has 0 radical (unpaired) electrons. The molecule has 1 N–H and O–H groups in total. The Morgan fingerprint density at radius 2 is 1.82 bits per heavy atom. The Balaban J connectivity index is 1.78. The van der Waals surface area contributed by atoms with Gasteiger partial charge in [0.2, 0.25) is 5.91 Å². The van der Waals surface area contributed by atoms with Gasteiger partial charge in [-0.25, -0.2) is 0 Å². The van der Waals surface area contributed by atoms with E-state index in [1.807, 2.05) is 0 Å². The van der Waals surface area contributed by atoms with Crippen molar-refractivity contribution in [3.63, 3.8) is 0 Å². The predicted molar refractivity (Wildman–Crippen MR) is 85.8 cm³/mol. The van der Waals surface area contributed by atoms with Crippen LogP contribution in [-0.4, -0.2) is 37.4 Å². The van der Waals surface area contributed by atoms with Crippen LogP contribution in [0.2, 0.25) is 0 Å². The third-order valence-electron chi connectivity index (χ3n) is 3.95. The summed E-state index contributed by atoms with van der Waals surface area (Å²) in [6, 6.07) is 7.10. The largest absolute Gasteiger partial charge is 0.484 e.